The summed E-state index contributed by atoms with van der Waals surface area (Å²) < 4.78 is 5.50. The number of ether oxygens (including phenoxy) is 1. The lowest BCUT2D eigenvalue weighted by Crippen LogP contribution is -2.22. The van der Waals surface area contributed by atoms with Crippen LogP contribution in [0.4, 0.5) is 0 Å². The molecule has 2 heterocycles. The predicted molar refractivity (Wildman–Crippen MR) is 94.5 cm³/mol. The van der Waals surface area contributed by atoms with E-state index in [0.717, 1.165) is 25.4 Å². The first kappa shape index (κ1) is 15.7. The third-order valence-electron chi connectivity index (χ3n) is 3.67. The average Bonchev–Trinajstić information content (AvgIpc) is 3.09. The molecule has 4 heteroatoms. The van der Waals surface area contributed by atoms with E-state index >= 15 is 0 Å². The van der Waals surface area contributed by atoms with Crippen LogP contribution in [-0.2, 0) is 19.6 Å². The molecule has 3 rings (SSSR count). The van der Waals surface area contributed by atoms with Crippen molar-refractivity contribution < 1.29 is 4.74 Å². The largest absolute Gasteiger partial charge is 0.496 e. The molecule has 0 radical (unpaired) electrons. The highest BCUT2D eigenvalue weighted by Crippen LogP contribution is 2.22. The Kier molecular flexibility index (Phi) is 5.40. The number of aromatic nitrogens is 1. The van der Waals surface area contributed by atoms with Crippen LogP contribution in [0.1, 0.15) is 16.0 Å². The third-order valence-corrected chi connectivity index (χ3v) is 4.54. The van der Waals surface area contributed by atoms with E-state index in [1.165, 1.54) is 16.0 Å². The number of hydrogen-bond acceptors (Lipinski definition) is 4. The molecule has 0 amide bonds. The van der Waals surface area contributed by atoms with E-state index in [-0.39, 0.29) is 0 Å². The Morgan fingerprint density at radius 1 is 1.00 bits per heavy atom. The van der Waals surface area contributed by atoms with Gasteiger partial charge in [0.05, 0.1) is 7.11 Å². The Morgan fingerprint density at radius 2 is 1.91 bits per heavy atom. The number of methoxy groups -OCH3 is 1. The van der Waals surface area contributed by atoms with Gasteiger partial charge in [0.2, 0.25) is 0 Å². The van der Waals surface area contributed by atoms with Gasteiger partial charge in [-0.3, -0.25) is 9.88 Å². The Morgan fingerprint density at radius 3 is 2.65 bits per heavy atom. The summed E-state index contributed by atoms with van der Waals surface area (Å²) in [6.45, 7) is 2.63. The molecule has 23 heavy (non-hydrogen) atoms. The van der Waals surface area contributed by atoms with Crippen molar-refractivity contribution in [2.24, 2.45) is 0 Å². The summed E-state index contributed by atoms with van der Waals surface area (Å²) in [6.07, 6.45) is 3.75. The lowest BCUT2D eigenvalue weighted by Gasteiger charge is -2.23. The van der Waals surface area contributed by atoms with Crippen LogP contribution in [-0.4, -0.2) is 17.0 Å². The van der Waals surface area contributed by atoms with Gasteiger partial charge in [0.25, 0.3) is 0 Å². The molecule has 0 aliphatic heterocycles. The van der Waals surface area contributed by atoms with Gasteiger partial charge >= 0.3 is 0 Å². The van der Waals surface area contributed by atoms with Crippen LogP contribution in [0.15, 0.2) is 66.3 Å². The molecule has 0 atom stereocenters. The first-order valence-electron chi connectivity index (χ1n) is 7.60. The molecule has 0 bridgehead atoms. The minimum absolute atomic E-state index is 0.844. The summed E-state index contributed by atoms with van der Waals surface area (Å²) in [7, 11) is 1.73. The van der Waals surface area contributed by atoms with Gasteiger partial charge < -0.3 is 4.74 Å². The van der Waals surface area contributed by atoms with E-state index in [9.17, 15) is 0 Å². The molecule has 2 aromatic heterocycles. The Balaban J connectivity index is 1.79. The van der Waals surface area contributed by atoms with E-state index in [1.807, 2.05) is 30.6 Å². The molecule has 0 aliphatic carbocycles. The zero-order chi connectivity index (χ0) is 15.9. The normalized spacial score (nSPS) is 10.9. The summed E-state index contributed by atoms with van der Waals surface area (Å²) in [5.74, 6) is 0.940. The molecule has 3 aromatic rings. The van der Waals surface area contributed by atoms with Crippen molar-refractivity contribution in [3.05, 3.63) is 82.3 Å². The van der Waals surface area contributed by atoms with Crippen molar-refractivity contribution in [1.82, 2.24) is 9.88 Å². The van der Waals surface area contributed by atoms with Crippen LogP contribution < -0.4 is 4.74 Å². The Labute approximate surface area is 141 Å². The zero-order valence-electron chi connectivity index (χ0n) is 13.2. The fourth-order valence-electron chi connectivity index (χ4n) is 2.61. The standard InChI is InChI=1S/C19H20N2OS/c1-22-19-9-3-2-7-17(19)14-21(15-18-8-5-11-23-18)13-16-6-4-10-20-12-16/h2-12H,13-15H2,1H3. The monoisotopic (exact) mass is 324 g/mol. The summed E-state index contributed by atoms with van der Waals surface area (Å²) in [5, 5.41) is 2.13. The lowest BCUT2D eigenvalue weighted by molar-refractivity contribution is 0.245. The summed E-state index contributed by atoms with van der Waals surface area (Å²) in [6, 6.07) is 16.6. The van der Waals surface area contributed by atoms with E-state index in [1.54, 1.807) is 18.4 Å². The van der Waals surface area contributed by atoms with Gasteiger partial charge in [0.15, 0.2) is 0 Å². The number of thiophene rings is 1. The fraction of sp³-hybridized carbons (Fsp3) is 0.211. The van der Waals surface area contributed by atoms with Gasteiger partial charge in [-0.15, -0.1) is 11.3 Å². The minimum atomic E-state index is 0.844. The molecule has 0 unspecified atom stereocenters. The van der Waals surface area contributed by atoms with Gasteiger partial charge in [-0.05, 0) is 29.1 Å². The second-order valence-corrected chi connectivity index (χ2v) is 6.43. The highest BCUT2D eigenvalue weighted by Gasteiger charge is 2.12. The highest BCUT2D eigenvalue weighted by molar-refractivity contribution is 7.09. The van der Waals surface area contributed by atoms with Gasteiger partial charge in [-0.25, -0.2) is 0 Å². The van der Waals surface area contributed by atoms with E-state index in [4.69, 9.17) is 4.74 Å². The maximum atomic E-state index is 5.50. The molecule has 0 saturated heterocycles. The summed E-state index contributed by atoms with van der Waals surface area (Å²) in [4.78, 5) is 8.01. The second-order valence-electron chi connectivity index (χ2n) is 5.40. The van der Waals surface area contributed by atoms with Crippen LogP contribution in [0.2, 0.25) is 0 Å². The van der Waals surface area contributed by atoms with Gasteiger partial charge in [0, 0.05) is 42.5 Å². The first-order chi connectivity index (χ1) is 11.3. The molecular weight excluding hydrogens is 304 g/mol. The molecule has 0 N–H and O–H groups in total. The second kappa shape index (κ2) is 7.90. The van der Waals surface area contributed by atoms with Crippen molar-refractivity contribution in [2.75, 3.05) is 7.11 Å². The quantitative estimate of drug-likeness (QED) is 0.646. The van der Waals surface area contributed by atoms with E-state index in [0.29, 0.717) is 0 Å². The summed E-state index contributed by atoms with van der Waals surface area (Å²) >= 11 is 1.79. The van der Waals surface area contributed by atoms with Crippen LogP contribution in [0.3, 0.4) is 0 Å². The Hall–Kier alpha value is -2.17. The van der Waals surface area contributed by atoms with Gasteiger partial charge in [-0.2, -0.15) is 0 Å². The van der Waals surface area contributed by atoms with Crippen LogP contribution in [0.25, 0.3) is 0 Å². The van der Waals surface area contributed by atoms with Gasteiger partial charge in [0.1, 0.15) is 5.75 Å². The molecule has 0 spiro atoms. The summed E-state index contributed by atoms with van der Waals surface area (Å²) in [5.41, 5.74) is 2.43. The van der Waals surface area contributed by atoms with Crippen molar-refractivity contribution in [1.29, 1.82) is 0 Å². The van der Waals surface area contributed by atoms with E-state index < -0.39 is 0 Å². The fourth-order valence-corrected chi connectivity index (χ4v) is 3.36. The number of pyridine rings is 1. The highest BCUT2D eigenvalue weighted by atomic mass is 32.1. The smallest absolute Gasteiger partial charge is 0.123 e. The zero-order valence-corrected chi connectivity index (χ0v) is 14.0. The van der Waals surface area contributed by atoms with Crippen LogP contribution >= 0.6 is 11.3 Å². The molecule has 1 aromatic carbocycles. The molecule has 0 aliphatic rings. The van der Waals surface area contributed by atoms with E-state index in [2.05, 4.69) is 45.6 Å². The number of para-hydroxylation sites is 1. The van der Waals surface area contributed by atoms with Crippen molar-refractivity contribution in [3.63, 3.8) is 0 Å². The predicted octanol–water partition coefficient (Wildman–Crippen LogP) is 4.35. The maximum Gasteiger partial charge on any atom is 0.123 e. The third kappa shape index (κ3) is 4.41. The number of nitrogens with zero attached hydrogens (tertiary/aromatic N) is 2. The first-order valence-corrected chi connectivity index (χ1v) is 8.48. The van der Waals surface area contributed by atoms with Crippen molar-refractivity contribution in [2.45, 2.75) is 19.6 Å². The number of benzene rings is 1. The Bertz CT molecular complexity index is 713. The molecule has 3 nitrogen and oxygen atoms in total. The molecule has 0 saturated carbocycles. The minimum Gasteiger partial charge on any atom is -0.496 e. The van der Waals surface area contributed by atoms with Crippen molar-refractivity contribution in [3.8, 4) is 5.75 Å². The molecule has 0 fully saturated rings. The van der Waals surface area contributed by atoms with Crippen molar-refractivity contribution >= 4 is 11.3 Å². The maximum absolute atomic E-state index is 5.50. The lowest BCUT2D eigenvalue weighted by atomic mass is 10.1. The number of hydrogen-bond donors (Lipinski definition) is 0. The van der Waals surface area contributed by atoms with Gasteiger partial charge in [-0.1, -0.05) is 30.3 Å². The molecular formula is C19H20N2OS. The van der Waals surface area contributed by atoms with Crippen LogP contribution in [0, 0.1) is 0 Å². The van der Waals surface area contributed by atoms with Crippen LogP contribution in [0.5, 0.6) is 5.75 Å². The topological polar surface area (TPSA) is 25.4 Å². The molecule has 118 valence electrons. The average molecular weight is 324 g/mol. The number of rotatable bonds is 7. The SMILES string of the molecule is COc1ccccc1CN(Cc1cccnc1)Cc1cccs1.